The molecule has 1 saturated carbocycles. The SMILES string of the molecule is CCCCCCCCC1CCC(c2ccc(C3C=CC(CCCCCC)CC3)c(F)c2F)CC1. The van der Waals surface area contributed by atoms with Crippen molar-refractivity contribution in [1.82, 2.24) is 0 Å². The van der Waals surface area contributed by atoms with E-state index in [0.29, 0.717) is 17.0 Å². The zero-order valence-electron chi connectivity index (χ0n) is 22.1. The van der Waals surface area contributed by atoms with Gasteiger partial charge in [-0.3, -0.25) is 0 Å². The molecule has 192 valence electrons. The van der Waals surface area contributed by atoms with Crippen LogP contribution >= 0.6 is 0 Å². The molecule has 3 rings (SSSR count). The minimum Gasteiger partial charge on any atom is -0.203 e. The van der Waals surface area contributed by atoms with E-state index in [4.69, 9.17) is 0 Å². The second-order valence-electron chi connectivity index (χ2n) is 11.3. The number of halogens is 2. The molecule has 0 aliphatic heterocycles. The van der Waals surface area contributed by atoms with Gasteiger partial charge in [-0.2, -0.15) is 0 Å². The lowest BCUT2D eigenvalue weighted by atomic mass is 9.76. The highest BCUT2D eigenvalue weighted by molar-refractivity contribution is 5.34. The van der Waals surface area contributed by atoms with Gasteiger partial charge >= 0.3 is 0 Å². The Bertz CT molecular complexity index is 729. The van der Waals surface area contributed by atoms with E-state index in [1.807, 2.05) is 12.1 Å². The summed E-state index contributed by atoms with van der Waals surface area (Å²) in [6.45, 7) is 4.51. The Hall–Kier alpha value is -1.18. The molecule has 0 heterocycles. The monoisotopic (exact) mass is 472 g/mol. The smallest absolute Gasteiger partial charge is 0.162 e. The van der Waals surface area contributed by atoms with Gasteiger partial charge in [0.2, 0.25) is 0 Å². The summed E-state index contributed by atoms with van der Waals surface area (Å²) in [7, 11) is 0. The van der Waals surface area contributed by atoms with Crippen LogP contribution in [0.5, 0.6) is 0 Å². The number of hydrogen-bond donors (Lipinski definition) is 0. The van der Waals surface area contributed by atoms with Gasteiger partial charge in [-0.1, -0.05) is 109 Å². The summed E-state index contributed by atoms with van der Waals surface area (Å²) in [5, 5.41) is 0. The van der Waals surface area contributed by atoms with Crippen molar-refractivity contribution in [3.05, 3.63) is 47.0 Å². The average Bonchev–Trinajstić information content (AvgIpc) is 2.87. The molecule has 0 amide bonds. The van der Waals surface area contributed by atoms with Crippen molar-refractivity contribution in [3.63, 3.8) is 0 Å². The number of allylic oxidation sites excluding steroid dienone is 2. The fourth-order valence-electron chi connectivity index (χ4n) is 6.37. The molecule has 0 nitrogen and oxygen atoms in total. The third-order valence-corrected chi connectivity index (χ3v) is 8.69. The van der Waals surface area contributed by atoms with Gasteiger partial charge in [0.1, 0.15) is 0 Å². The zero-order chi connectivity index (χ0) is 24.2. The highest BCUT2D eigenvalue weighted by atomic mass is 19.2. The van der Waals surface area contributed by atoms with Crippen molar-refractivity contribution in [3.8, 4) is 0 Å². The van der Waals surface area contributed by atoms with Crippen molar-refractivity contribution in [2.75, 3.05) is 0 Å². The number of hydrogen-bond acceptors (Lipinski definition) is 0. The van der Waals surface area contributed by atoms with Gasteiger partial charge < -0.3 is 0 Å². The van der Waals surface area contributed by atoms with E-state index >= 15 is 8.78 Å². The van der Waals surface area contributed by atoms with Crippen molar-refractivity contribution >= 4 is 0 Å². The Morgan fingerprint density at radius 3 is 1.88 bits per heavy atom. The summed E-state index contributed by atoms with van der Waals surface area (Å²) >= 11 is 0. The number of rotatable bonds is 14. The van der Waals surface area contributed by atoms with Crippen LogP contribution in [0.4, 0.5) is 8.78 Å². The Morgan fingerprint density at radius 1 is 0.618 bits per heavy atom. The Balaban J connectivity index is 1.47. The molecule has 2 unspecified atom stereocenters. The van der Waals surface area contributed by atoms with E-state index in [-0.39, 0.29) is 11.8 Å². The van der Waals surface area contributed by atoms with Gasteiger partial charge in [-0.25, -0.2) is 8.78 Å². The molecule has 0 bridgehead atoms. The van der Waals surface area contributed by atoms with E-state index in [0.717, 1.165) is 31.6 Å². The van der Waals surface area contributed by atoms with Crippen molar-refractivity contribution in [2.24, 2.45) is 11.8 Å². The van der Waals surface area contributed by atoms with Crippen LogP contribution < -0.4 is 0 Å². The molecule has 1 aromatic carbocycles. The second-order valence-corrected chi connectivity index (χ2v) is 11.3. The topological polar surface area (TPSA) is 0 Å². The molecule has 0 radical (unpaired) electrons. The van der Waals surface area contributed by atoms with E-state index in [2.05, 4.69) is 26.0 Å². The molecule has 2 aliphatic carbocycles. The molecular weight excluding hydrogens is 422 g/mol. The van der Waals surface area contributed by atoms with Crippen LogP contribution in [0.1, 0.15) is 152 Å². The summed E-state index contributed by atoms with van der Waals surface area (Å²) in [5.74, 6) is 0.487. The highest BCUT2D eigenvalue weighted by Crippen LogP contribution is 2.41. The molecule has 34 heavy (non-hydrogen) atoms. The molecule has 1 aromatic rings. The molecule has 2 heteroatoms. The summed E-state index contributed by atoms with van der Waals surface area (Å²) in [6, 6.07) is 3.81. The maximum absolute atomic E-state index is 15.2. The van der Waals surface area contributed by atoms with Gasteiger partial charge in [0.25, 0.3) is 0 Å². The van der Waals surface area contributed by atoms with E-state index in [1.54, 1.807) is 0 Å². The first-order valence-corrected chi connectivity index (χ1v) is 14.8. The summed E-state index contributed by atoms with van der Waals surface area (Å²) < 4.78 is 30.3. The van der Waals surface area contributed by atoms with E-state index < -0.39 is 11.6 Å². The van der Waals surface area contributed by atoms with Gasteiger partial charge in [-0.15, -0.1) is 0 Å². The first-order valence-electron chi connectivity index (χ1n) is 14.8. The van der Waals surface area contributed by atoms with Gasteiger partial charge in [0.05, 0.1) is 0 Å². The standard InChI is InChI=1S/C32H50F2/c1-3-5-7-9-10-12-14-26-17-21-28(22-18-26)30-24-23-29(31(33)32(30)34)27-19-15-25(16-20-27)13-11-8-6-4-2/h15,19,23-28H,3-14,16-18,20-22H2,1-2H3. The molecule has 0 saturated heterocycles. The fourth-order valence-corrected chi connectivity index (χ4v) is 6.37. The lowest BCUT2D eigenvalue weighted by molar-refractivity contribution is 0.296. The lowest BCUT2D eigenvalue weighted by Crippen LogP contribution is -2.16. The van der Waals surface area contributed by atoms with Crippen molar-refractivity contribution < 1.29 is 8.78 Å². The number of unbranched alkanes of at least 4 members (excludes halogenated alkanes) is 8. The second kappa shape index (κ2) is 15.0. The Kier molecular flexibility index (Phi) is 12.1. The predicted molar refractivity (Wildman–Crippen MR) is 142 cm³/mol. The maximum Gasteiger partial charge on any atom is 0.162 e. The molecule has 2 atom stereocenters. The zero-order valence-corrected chi connectivity index (χ0v) is 22.1. The molecular formula is C32H50F2. The highest BCUT2D eigenvalue weighted by Gasteiger charge is 2.28. The lowest BCUT2D eigenvalue weighted by Gasteiger charge is -2.30. The first kappa shape index (κ1) is 27.4. The summed E-state index contributed by atoms with van der Waals surface area (Å²) in [5.41, 5.74) is 1.20. The van der Waals surface area contributed by atoms with Crippen molar-refractivity contribution in [1.29, 1.82) is 0 Å². The van der Waals surface area contributed by atoms with Crippen LogP contribution in [-0.2, 0) is 0 Å². The quantitative estimate of drug-likeness (QED) is 0.186. The molecule has 1 fully saturated rings. The fraction of sp³-hybridized carbons (Fsp3) is 0.750. The summed E-state index contributed by atoms with van der Waals surface area (Å²) in [4.78, 5) is 0. The van der Waals surface area contributed by atoms with Crippen LogP contribution in [0.25, 0.3) is 0 Å². The molecule has 0 aromatic heterocycles. The van der Waals surface area contributed by atoms with Crippen LogP contribution in [0.2, 0.25) is 0 Å². The minimum atomic E-state index is -0.581. The summed E-state index contributed by atoms with van der Waals surface area (Å²) in [6.07, 6.45) is 26.7. The largest absolute Gasteiger partial charge is 0.203 e. The Morgan fingerprint density at radius 2 is 1.21 bits per heavy atom. The van der Waals surface area contributed by atoms with E-state index in [9.17, 15) is 0 Å². The van der Waals surface area contributed by atoms with Crippen LogP contribution in [0, 0.1) is 23.5 Å². The minimum absolute atomic E-state index is 0.0310. The molecule has 0 N–H and O–H groups in total. The predicted octanol–water partition coefficient (Wildman–Crippen LogP) is 11.0. The average molecular weight is 473 g/mol. The first-order chi connectivity index (χ1) is 16.6. The van der Waals surface area contributed by atoms with Gasteiger partial charge in [0, 0.05) is 5.92 Å². The molecule has 2 aliphatic rings. The Labute approximate surface area is 209 Å². The van der Waals surface area contributed by atoms with Crippen LogP contribution in [0.15, 0.2) is 24.3 Å². The van der Waals surface area contributed by atoms with Crippen molar-refractivity contribution in [2.45, 2.75) is 141 Å². The van der Waals surface area contributed by atoms with Crippen LogP contribution in [0.3, 0.4) is 0 Å². The van der Waals surface area contributed by atoms with Crippen LogP contribution in [-0.4, -0.2) is 0 Å². The third kappa shape index (κ3) is 8.20. The van der Waals surface area contributed by atoms with Gasteiger partial charge in [-0.05, 0) is 73.8 Å². The number of benzene rings is 1. The maximum atomic E-state index is 15.2. The van der Waals surface area contributed by atoms with E-state index in [1.165, 1.54) is 89.9 Å². The van der Waals surface area contributed by atoms with Gasteiger partial charge in [0.15, 0.2) is 11.6 Å². The normalized spacial score (nSPS) is 25.1. The molecule has 0 spiro atoms. The third-order valence-electron chi connectivity index (χ3n) is 8.69.